The topological polar surface area (TPSA) is 84.3 Å². The van der Waals surface area contributed by atoms with Crippen molar-refractivity contribution < 1.29 is 9.72 Å². The predicted octanol–water partition coefficient (Wildman–Crippen LogP) is 3.14. The molecule has 0 bridgehead atoms. The maximum atomic E-state index is 11.9. The Labute approximate surface area is 131 Å². The van der Waals surface area contributed by atoms with Crippen molar-refractivity contribution in [1.29, 1.82) is 0 Å². The fraction of sp³-hybridized carbons (Fsp3) is 0.500. The van der Waals surface area contributed by atoms with E-state index in [0.717, 1.165) is 12.8 Å². The molecule has 2 N–H and O–H groups in total. The summed E-state index contributed by atoms with van der Waals surface area (Å²) in [7, 11) is 0. The highest BCUT2D eigenvalue weighted by molar-refractivity contribution is 9.10. The predicted molar refractivity (Wildman–Crippen MR) is 84.4 cm³/mol. The van der Waals surface area contributed by atoms with E-state index in [4.69, 9.17) is 0 Å². The number of halogens is 1. The third kappa shape index (κ3) is 4.25. The molecule has 1 aliphatic rings. The zero-order valence-corrected chi connectivity index (χ0v) is 13.4. The van der Waals surface area contributed by atoms with Gasteiger partial charge in [-0.15, -0.1) is 0 Å². The smallest absolute Gasteiger partial charge is 0.274 e. The van der Waals surface area contributed by atoms with Crippen LogP contribution in [0.15, 0.2) is 16.6 Å². The first kappa shape index (κ1) is 15.9. The fourth-order valence-electron chi connectivity index (χ4n) is 2.52. The SMILES string of the molecule is Cc1cc(Br)c(NC(=O)CNC2CCCC2)cc1[N+](=O)[O-]. The van der Waals surface area contributed by atoms with Gasteiger partial charge in [0.1, 0.15) is 0 Å². The maximum Gasteiger partial charge on any atom is 0.274 e. The summed E-state index contributed by atoms with van der Waals surface area (Å²) in [4.78, 5) is 22.4. The van der Waals surface area contributed by atoms with Gasteiger partial charge in [0.25, 0.3) is 5.69 Å². The van der Waals surface area contributed by atoms with Gasteiger partial charge < -0.3 is 10.6 Å². The quantitative estimate of drug-likeness (QED) is 0.627. The average molecular weight is 356 g/mol. The summed E-state index contributed by atoms with van der Waals surface area (Å²) in [5.41, 5.74) is 0.969. The number of carbonyl (C=O) groups excluding carboxylic acids is 1. The molecular formula is C14H18BrN3O3. The zero-order chi connectivity index (χ0) is 15.4. The van der Waals surface area contributed by atoms with Crippen LogP contribution in [0.1, 0.15) is 31.2 Å². The second kappa shape index (κ2) is 7.00. The van der Waals surface area contributed by atoms with Gasteiger partial charge >= 0.3 is 0 Å². The van der Waals surface area contributed by atoms with Gasteiger partial charge in [-0.2, -0.15) is 0 Å². The van der Waals surface area contributed by atoms with Crippen LogP contribution in [-0.4, -0.2) is 23.4 Å². The monoisotopic (exact) mass is 355 g/mol. The number of hydrogen-bond donors (Lipinski definition) is 2. The Morgan fingerprint density at radius 2 is 2.10 bits per heavy atom. The number of benzene rings is 1. The standard InChI is InChI=1S/C14H18BrN3O3/c1-9-6-11(15)12(7-13(9)18(20)21)17-14(19)8-16-10-4-2-3-5-10/h6-7,10,16H,2-5,8H2,1H3,(H,17,19). The van der Waals surface area contributed by atoms with E-state index < -0.39 is 4.92 Å². The fourth-order valence-corrected chi connectivity index (χ4v) is 3.07. The van der Waals surface area contributed by atoms with E-state index in [1.54, 1.807) is 13.0 Å². The molecule has 1 amide bonds. The number of rotatable bonds is 5. The third-order valence-corrected chi connectivity index (χ3v) is 4.32. The van der Waals surface area contributed by atoms with Crippen LogP contribution in [0.25, 0.3) is 0 Å². The number of nitro benzene ring substituents is 1. The van der Waals surface area contributed by atoms with E-state index in [-0.39, 0.29) is 18.1 Å². The Morgan fingerprint density at radius 1 is 1.43 bits per heavy atom. The summed E-state index contributed by atoms with van der Waals surface area (Å²) in [6, 6.07) is 3.43. The van der Waals surface area contributed by atoms with Crippen LogP contribution in [0.3, 0.4) is 0 Å². The molecule has 0 spiro atoms. The Hall–Kier alpha value is -1.47. The lowest BCUT2D eigenvalue weighted by Crippen LogP contribution is -2.34. The van der Waals surface area contributed by atoms with Crippen molar-refractivity contribution in [3.05, 3.63) is 32.3 Å². The number of nitro groups is 1. The summed E-state index contributed by atoms with van der Waals surface area (Å²) in [6.07, 6.45) is 4.62. The molecule has 114 valence electrons. The van der Waals surface area contributed by atoms with Crippen molar-refractivity contribution in [2.45, 2.75) is 38.6 Å². The maximum absolute atomic E-state index is 11.9. The highest BCUT2D eigenvalue weighted by Crippen LogP contribution is 2.30. The molecule has 0 atom stereocenters. The molecule has 1 aromatic carbocycles. The summed E-state index contributed by atoms with van der Waals surface area (Å²) >= 11 is 3.32. The van der Waals surface area contributed by atoms with Crippen LogP contribution in [0.4, 0.5) is 11.4 Å². The summed E-state index contributed by atoms with van der Waals surface area (Å²) < 4.78 is 0.639. The van der Waals surface area contributed by atoms with Gasteiger partial charge in [-0.05, 0) is 41.8 Å². The van der Waals surface area contributed by atoms with Crippen molar-refractivity contribution in [2.24, 2.45) is 0 Å². The third-order valence-electron chi connectivity index (χ3n) is 3.66. The average Bonchev–Trinajstić information content (AvgIpc) is 2.92. The van der Waals surface area contributed by atoms with E-state index in [2.05, 4.69) is 26.6 Å². The largest absolute Gasteiger partial charge is 0.324 e. The highest BCUT2D eigenvalue weighted by Gasteiger charge is 2.18. The molecule has 0 aromatic heterocycles. The van der Waals surface area contributed by atoms with Crippen molar-refractivity contribution in [1.82, 2.24) is 5.32 Å². The minimum Gasteiger partial charge on any atom is -0.324 e. The number of amides is 1. The Bertz CT molecular complexity index is 557. The van der Waals surface area contributed by atoms with Gasteiger partial charge in [-0.25, -0.2) is 0 Å². The summed E-state index contributed by atoms with van der Waals surface area (Å²) in [5, 5.41) is 16.8. The molecule has 0 heterocycles. The van der Waals surface area contributed by atoms with Crippen LogP contribution in [0, 0.1) is 17.0 Å². The lowest BCUT2D eigenvalue weighted by molar-refractivity contribution is -0.385. The summed E-state index contributed by atoms with van der Waals surface area (Å²) in [5.74, 6) is -0.194. The van der Waals surface area contributed by atoms with Gasteiger partial charge in [0.2, 0.25) is 5.91 Å². The van der Waals surface area contributed by atoms with Crippen LogP contribution < -0.4 is 10.6 Å². The normalized spacial score (nSPS) is 15.1. The number of nitrogens with one attached hydrogen (secondary N) is 2. The lowest BCUT2D eigenvalue weighted by atomic mass is 10.2. The highest BCUT2D eigenvalue weighted by atomic mass is 79.9. The van der Waals surface area contributed by atoms with Crippen LogP contribution >= 0.6 is 15.9 Å². The minimum atomic E-state index is -0.450. The van der Waals surface area contributed by atoms with Crippen molar-refractivity contribution >= 4 is 33.2 Å². The lowest BCUT2D eigenvalue weighted by Gasteiger charge is -2.12. The molecule has 0 aliphatic heterocycles. The Kier molecular flexibility index (Phi) is 5.30. The first-order valence-corrected chi connectivity index (χ1v) is 7.74. The number of anilines is 1. The minimum absolute atomic E-state index is 0.00254. The van der Waals surface area contributed by atoms with Crippen molar-refractivity contribution in [3.8, 4) is 0 Å². The van der Waals surface area contributed by atoms with E-state index in [1.165, 1.54) is 18.9 Å². The van der Waals surface area contributed by atoms with Gasteiger partial charge in [0.15, 0.2) is 0 Å². The van der Waals surface area contributed by atoms with Gasteiger partial charge in [0, 0.05) is 22.1 Å². The number of hydrogen-bond acceptors (Lipinski definition) is 4. The Balaban J connectivity index is 1.99. The molecule has 1 aliphatic carbocycles. The molecule has 21 heavy (non-hydrogen) atoms. The second-order valence-electron chi connectivity index (χ2n) is 5.29. The van der Waals surface area contributed by atoms with Gasteiger partial charge in [-0.3, -0.25) is 14.9 Å². The van der Waals surface area contributed by atoms with Gasteiger partial charge in [-0.1, -0.05) is 12.8 Å². The molecular weight excluding hydrogens is 338 g/mol. The number of nitrogens with zero attached hydrogens (tertiary/aromatic N) is 1. The molecule has 0 unspecified atom stereocenters. The summed E-state index contributed by atoms with van der Waals surface area (Å²) in [6.45, 7) is 1.88. The molecule has 1 aromatic rings. The van der Waals surface area contributed by atoms with E-state index >= 15 is 0 Å². The molecule has 1 fully saturated rings. The van der Waals surface area contributed by atoms with Crippen molar-refractivity contribution in [3.63, 3.8) is 0 Å². The molecule has 0 saturated heterocycles. The molecule has 0 radical (unpaired) electrons. The molecule has 2 rings (SSSR count). The molecule has 1 saturated carbocycles. The molecule has 6 nitrogen and oxygen atoms in total. The Morgan fingerprint density at radius 3 is 2.71 bits per heavy atom. The van der Waals surface area contributed by atoms with Crippen LogP contribution in [-0.2, 0) is 4.79 Å². The van der Waals surface area contributed by atoms with Crippen molar-refractivity contribution in [2.75, 3.05) is 11.9 Å². The first-order valence-electron chi connectivity index (χ1n) is 6.95. The van der Waals surface area contributed by atoms with E-state index in [1.807, 2.05) is 0 Å². The number of carbonyl (C=O) groups is 1. The molecule has 7 heteroatoms. The van der Waals surface area contributed by atoms with Gasteiger partial charge in [0.05, 0.1) is 17.2 Å². The van der Waals surface area contributed by atoms with Crippen LogP contribution in [0.5, 0.6) is 0 Å². The van der Waals surface area contributed by atoms with E-state index in [9.17, 15) is 14.9 Å². The van der Waals surface area contributed by atoms with Crippen LogP contribution in [0.2, 0.25) is 0 Å². The second-order valence-corrected chi connectivity index (χ2v) is 6.14. The van der Waals surface area contributed by atoms with E-state index in [0.29, 0.717) is 21.8 Å². The zero-order valence-electron chi connectivity index (χ0n) is 11.8. The first-order chi connectivity index (χ1) is 9.97. The number of aryl methyl sites for hydroxylation is 1.